The first-order valence-corrected chi connectivity index (χ1v) is 6.46. The molecular formula is C13H24N4O. The Morgan fingerprint density at radius 3 is 2.78 bits per heavy atom. The van der Waals surface area contributed by atoms with Gasteiger partial charge in [0.2, 0.25) is 0 Å². The highest BCUT2D eigenvalue weighted by molar-refractivity contribution is 5.35. The molecule has 0 aromatic carbocycles. The minimum Gasteiger partial charge on any atom is -0.395 e. The predicted molar refractivity (Wildman–Crippen MR) is 73.6 cm³/mol. The van der Waals surface area contributed by atoms with Crippen LogP contribution in [0.5, 0.6) is 0 Å². The van der Waals surface area contributed by atoms with Crippen LogP contribution in [0.4, 0.5) is 5.82 Å². The van der Waals surface area contributed by atoms with Crippen LogP contribution in [0.1, 0.15) is 31.8 Å². The molecule has 0 radical (unpaired) electrons. The number of nitrogens with one attached hydrogen (secondary N) is 1. The van der Waals surface area contributed by atoms with Crippen LogP contribution in [0.25, 0.3) is 0 Å². The van der Waals surface area contributed by atoms with E-state index in [9.17, 15) is 0 Å². The van der Waals surface area contributed by atoms with Gasteiger partial charge in [-0.15, -0.1) is 0 Å². The normalized spacial score (nSPS) is 12.8. The summed E-state index contributed by atoms with van der Waals surface area (Å²) in [4.78, 5) is 10.9. The van der Waals surface area contributed by atoms with Crippen molar-refractivity contribution in [1.29, 1.82) is 0 Å². The number of likely N-dealkylation sites (N-methyl/N-ethyl adjacent to an activating group) is 1. The summed E-state index contributed by atoms with van der Waals surface area (Å²) in [5.41, 5.74) is 0.962. The van der Waals surface area contributed by atoms with Crippen molar-refractivity contribution < 1.29 is 5.11 Å². The average molecular weight is 252 g/mol. The number of aromatic nitrogens is 2. The van der Waals surface area contributed by atoms with Crippen LogP contribution in [0.15, 0.2) is 6.07 Å². The largest absolute Gasteiger partial charge is 0.395 e. The molecule has 5 heteroatoms. The number of aliphatic hydroxyl groups excluding tert-OH is 1. The molecule has 5 nitrogen and oxygen atoms in total. The average Bonchev–Trinajstić information content (AvgIpc) is 2.34. The van der Waals surface area contributed by atoms with Crippen LogP contribution in [0, 0.1) is 6.92 Å². The van der Waals surface area contributed by atoms with E-state index in [0.717, 1.165) is 30.3 Å². The second kappa shape index (κ2) is 7.28. The molecule has 1 heterocycles. The number of aryl methyl sites for hydroxylation is 1. The molecule has 1 unspecified atom stereocenters. The van der Waals surface area contributed by atoms with E-state index in [1.807, 2.05) is 31.9 Å². The second-order valence-electron chi connectivity index (χ2n) is 4.68. The van der Waals surface area contributed by atoms with Gasteiger partial charge in [-0.2, -0.15) is 0 Å². The molecule has 1 aromatic heterocycles. The van der Waals surface area contributed by atoms with Crippen LogP contribution < -0.4 is 5.32 Å². The summed E-state index contributed by atoms with van der Waals surface area (Å²) in [5.74, 6) is 1.67. The first-order valence-electron chi connectivity index (χ1n) is 6.46. The molecule has 1 rings (SSSR count). The van der Waals surface area contributed by atoms with Crippen molar-refractivity contribution in [2.75, 3.05) is 25.5 Å². The van der Waals surface area contributed by atoms with Gasteiger partial charge >= 0.3 is 0 Å². The first kappa shape index (κ1) is 14.9. The fourth-order valence-corrected chi connectivity index (χ4v) is 1.56. The van der Waals surface area contributed by atoms with Crippen molar-refractivity contribution in [3.8, 4) is 0 Å². The third kappa shape index (κ3) is 4.58. The van der Waals surface area contributed by atoms with Crippen LogP contribution in [0.3, 0.4) is 0 Å². The molecule has 0 saturated carbocycles. The van der Waals surface area contributed by atoms with Crippen LogP contribution in [0.2, 0.25) is 0 Å². The van der Waals surface area contributed by atoms with Gasteiger partial charge < -0.3 is 10.4 Å². The van der Waals surface area contributed by atoms with E-state index in [1.54, 1.807) is 0 Å². The zero-order chi connectivity index (χ0) is 13.5. The van der Waals surface area contributed by atoms with Crippen molar-refractivity contribution in [1.82, 2.24) is 14.9 Å². The Hall–Kier alpha value is -1.20. The molecule has 0 spiro atoms. The Morgan fingerprint density at radius 2 is 2.17 bits per heavy atom. The van der Waals surface area contributed by atoms with Crippen molar-refractivity contribution in [3.63, 3.8) is 0 Å². The highest BCUT2D eigenvalue weighted by Gasteiger charge is 2.10. The molecule has 18 heavy (non-hydrogen) atoms. The monoisotopic (exact) mass is 252 g/mol. The van der Waals surface area contributed by atoms with Gasteiger partial charge in [0.1, 0.15) is 11.6 Å². The molecule has 0 saturated heterocycles. The minimum absolute atomic E-state index is 0.112. The van der Waals surface area contributed by atoms with Gasteiger partial charge in [0, 0.05) is 24.3 Å². The lowest BCUT2D eigenvalue weighted by atomic mass is 10.3. The van der Waals surface area contributed by atoms with Crippen molar-refractivity contribution in [2.45, 2.75) is 39.8 Å². The van der Waals surface area contributed by atoms with Crippen molar-refractivity contribution in [2.24, 2.45) is 0 Å². The quantitative estimate of drug-likeness (QED) is 0.768. The number of nitrogens with zero attached hydrogens (tertiary/aromatic N) is 3. The summed E-state index contributed by atoms with van der Waals surface area (Å²) < 4.78 is 0. The summed E-state index contributed by atoms with van der Waals surface area (Å²) in [6.07, 6.45) is 1.07. The number of aliphatic hydroxyl groups is 1. The van der Waals surface area contributed by atoms with E-state index in [0.29, 0.717) is 6.54 Å². The summed E-state index contributed by atoms with van der Waals surface area (Å²) in [7, 11) is 1.96. The molecule has 0 amide bonds. The van der Waals surface area contributed by atoms with E-state index in [-0.39, 0.29) is 12.6 Å². The molecule has 1 aromatic rings. The standard InChI is InChI=1S/C13H24N4O/c1-5-6-14-12-7-10(2)15-13(16-12)8-17(4)11(3)9-18/h7,11,18H,5-6,8-9H2,1-4H3,(H,14,15,16). The molecule has 0 bridgehead atoms. The van der Waals surface area contributed by atoms with Gasteiger partial charge in [-0.1, -0.05) is 6.92 Å². The molecule has 0 aliphatic heterocycles. The topological polar surface area (TPSA) is 61.3 Å². The predicted octanol–water partition coefficient (Wildman–Crippen LogP) is 1.42. The first-order chi connectivity index (χ1) is 8.56. The lowest BCUT2D eigenvalue weighted by Gasteiger charge is -2.22. The number of hydrogen-bond donors (Lipinski definition) is 2. The highest BCUT2D eigenvalue weighted by atomic mass is 16.3. The summed E-state index contributed by atoms with van der Waals surface area (Å²) in [6.45, 7) is 7.77. The van der Waals surface area contributed by atoms with E-state index in [1.165, 1.54) is 0 Å². The third-order valence-electron chi connectivity index (χ3n) is 2.86. The van der Waals surface area contributed by atoms with Gasteiger partial charge in [-0.25, -0.2) is 9.97 Å². The van der Waals surface area contributed by atoms with Gasteiger partial charge in [0.15, 0.2) is 0 Å². The Balaban J connectivity index is 2.73. The van der Waals surface area contributed by atoms with E-state index < -0.39 is 0 Å². The Morgan fingerprint density at radius 1 is 1.44 bits per heavy atom. The summed E-state index contributed by atoms with van der Waals surface area (Å²) in [5, 5.41) is 12.4. The van der Waals surface area contributed by atoms with E-state index in [2.05, 4.69) is 22.2 Å². The van der Waals surface area contributed by atoms with Crippen LogP contribution in [-0.4, -0.2) is 46.2 Å². The van der Waals surface area contributed by atoms with Gasteiger partial charge in [-0.3, -0.25) is 4.90 Å². The molecule has 2 N–H and O–H groups in total. The number of anilines is 1. The maximum atomic E-state index is 9.11. The van der Waals surface area contributed by atoms with Gasteiger partial charge in [-0.05, 0) is 27.3 Å². The smallest absolute Gasteiger partial charge is 0.144 e. The summed E-state index contributed by atoms with van der Waals surface area (Å²) >= 11 is 0. The fraction of sp³-hybridized carbons (Fsp3) is 0.692. The fourth-order valence-electron chi connectivity index (χ4n) is 1.56. The number of rotatable bonds is 7. The molecule has 0 fully saturated rings. The molecule has 1 atom stereocenters. The lowest BCUT2D eigenvalue weighted by molar-refractivity contribution is 0.151. The maximum absolute atomic E-state index is 9.11. The van der Waals surface area contributed by atoms with Crippen molar-refractivity contribution >= 4 is 5.82 Å². The Labute approximate surface area is 109 Å². The van der Waals surface area contributed by atoms with Gasteiger partial charge in [0.25, 0.3) is 0 Å². The van der Waals surface area contributed by atoms with Gasteiger partial charge in [0.05, 0.1) is 13.2 Å². The molecule has 0 aliphatic carbocycles. The maximum Gasteiger partial charge on any atom is 0.144 e. The van der Waals surface area contributed by atoms with Crippen molar-refractivity contribution in [3.05, 3.63) is 17.6 Å². The van der Waals surface area contributed by atoms with Crippen LogP contribution in [-0.2, 0) is 6.54 Å². The number of hydrogen-bond acceptors (Lipinski definition) is 5. The molecule has 0 aliphatic rings. The zero-order valence-corrected chi connectivity index (χ0v) is 11.8. The SMILES string of the molecule is CCCNc1cc(C)nc(CN(C)C(C)CO)n1. The third-order valence-corrected chi connectivity index (χ3v) is 2.86. The lowest BCUT2D eigenvalue weighted by Crippen LogP contribution is -2.32. The van der Waals surface area contributed by atoms with Crippen LogP contribution >= 0.6 is 0 Å². The zero-order valence-electron chi connectivity index (χ0n) is 11.8. The summed E-state index contributed by atoms with van der Waals surface area (Å²) in [6, 6.07) is 2.07. The Kier molecular flexibility index (Phi) is 6.01. The Bertz CT molecular complexity index is 370. The minimum atomic E-state index is 0.112. The van der Waals surface area contributed by atoms with E-state index >= 15 is 0 Å². The second-order valence-corrected chi connectivity index (χ2v) is 4.68. The highest BCUT2D eigenvalue weighted by Crippen LogP contribution is 2.09. The molecule has 102 valence electrons. The molecular weight excluding hydrogens is 228 g/mol. The van der Waals surface area contributed by atoms with E-state index in [4.69, 9.17) is 5.11 Å².